The molecule has 0 bridgehead atoms. The van der Waals surface area contributed by atoms with Crippen LogP contribution in [0.4, 0.5) is 10.8 Å². The molecule has 0 aromatic carbocycles. The molecule has 8 nitrogen and oxygen atoms in total. The lowest BCUT2D eigenvalue weighted by Crippen LogP contribution is -2.46. The van der Waals surface area contributed by atoms with E-state index in [1.807, 2.05) is 12.1 Å². The van der Waals surface area contributed by atoms with E-state index >= 15 is 0 Å². The summed E-state index contributed by atoms with van der Waals surface area (Å²) in [7, 11) is 0. The largest absolute Gasteiger partial charge is 0.481 e. The summed E-state index contributed by atoms with van der Waals surface area (Å²) in [6.45, 7) is 5.61. The third kappa shape index (κ3) is 4.98. The first-order chi connectivity index (χ1) is 13.6. The van der Waals surface area contributed by atoms with Gasteiger partial charge in [0.15, 0.2) is 5.13 Å². The fraction of sp³-hybridized carbons (Fsp3) is 0.474. The van der Waals surface area contributed by atoms with E-state index in [0.29, 0.717) is 4.88 Å². The molecule has 0 radical (unpaired) electrons. The molecule has 3 rings (SSSR count). The smallest absolute Gasteiger partial charge is 0.305 e. The molecule has 1 amide bonds. The number of anilines is 2. The third-order valence-corrected chi connectivity index (χ3v) is 5.74. The average Bonchev–Trinajstić information content (AvgIpc) is 3.13. The number of hydrogen-bond acceptors (Lipinski definition) is 7. The van der Waals surface area contributed by atoms with Crippen LogP contribution in [-0.2, 0) is 11.2 Å². The van der Waals surface area contributed by atoms with Gasteiger partial charge in [0, 0.05) is 50.8 Å². The van der Waals surface area contributed by atoms with Crippen LogP contribution in [0.5, 0.6) is 0 Å². The zero-order valence-corrected chi connectivity index (χ0v) is 16.7. The second kappa shape index (κ2) is 9.50. The zero-order chi connectivity index (χ0) is 19.9. The van der Waals surface area contributed by atoms with Crippen molar-refractivity contribution in [2.24, 2.45) is 0 Å². The van der Waals surface area contributed by atoms with Crippen LogP contribution in [0.1, 0.15) is 35.1 Å². The van der Waals surface area contributed by atoms with E-state index in [1.54, 1.807) is 12.4 Å². The van der Waals surface area contributed by atoms with Crippen molar-refractivity contribution >= 4 is 34.0 Å². The Morgan fingerprint density at radius 3 is 2.50 bits per heavy atom. The van der Waals surface area contributed by atoms with Gasteiger partial charge in [-0.05, 0) is 18.6 Å². The Morgan fingerprint density at radius 2 is 1.86 bits per heavy atom. The lowest BCUT2D eigenvalue weighted by molar-refractivity contribution is -0.136. The minimum Gasteiger partial charge on any atom is -0.481 e. The number of pyridine rings is 1. The number of aliphatic carboxylic acids is 1. The number of rotatable bonds is 8. The standard InChI is InChI=1S/C19H25N5O3S/c1-2-3-15-17(18(27)21-9-6-16(25)26)28-19(22-15)24-12-10-23(11-13-24)14-4-7-20-8-5-14/h4-5,7-8H,2-3,6,9-13H2,1H3,(H,21,27)(H,25,26). The van der Waals surface area contributed by atoms with Crippen LogP contribution in [0.3, 0.4) is 0 Å². The van der Waals surface area contributed by atoms with E-state index in [9.17, 15) is 9.59 Å². The molecule has 1 fully saturated rings. The zero-order valence-electron chi connectivity index (χ0n) is 15.9. The van der Waals surface area contributed by atoms with E-state index in [2.05, 4.69) is 27.0 Å². The number of aromatic nitrogens is 2. The van der Waals surface area contributed by atoms with E-state index in [1.165, 1.54) is 17.0 Å². The van der Waals surface area contributed by atoms with Gasteiger partial charge in [-0.15, -0.1) is 0 Å². The maximum atomic E-state index is 12.5. The molecule has 2 N–H and O–H groups in total. The van der Waals surface area contributed by atoms with Crippen LogP contribution in [-0.4, -0.2) is 59.7 Å². The van der Waals surface area contributed by atoms with Gasteiger partial charge < -0.3 is 20.2 Å². The van der Waals surface area contributed by atoms with E-state index in [-0.39, 0.29) is 18.9 Å². The van der Waals surface area contributed by atoms with Crippen LogP contribution >= 0.6 is 11.3 Å². The van der Waals surface area contributed by atoms with Gasteiger partial charge in [-0.2, -0.15) is 0 Å². The number of nitrogens with zero attached hydrogens (tertiary/aromatic N) is 4. The van der Waals surface area contributed by atoms with Crippen molar-refractivity contribution in [1.82, 2.24) is 15.3 Å². The summed E-state index contributed by atoms with van der Waals surface area (Å²) in [5.74, 6) is -1.16. The van der Waals surface area contributed by atoms with Gasteiger partial charge >= 0.3 is 5.97 Å². The number of aryl methyl sites for hydroxylation is 1. The van der Waals surface area contributed by atoms with Gasteiger partial charge in [0.1, 0.15) is 4.88 Å². The molecule has 0 saturated carbocycles. The minimum atomic E-state index is -0.925. The van der Waals surface area contributed by atoms with Crippen molar-refractivity contribution in [3.63, 3.8) is 0 Å². The summed E-state index contributed by atoms with van der Waals surface area (Å²) in [5.41, 5.74) is 1.96. The molecule has 28 heavy (non-hydrogen) atoms. The van der Waals surface area contributed by atoms with Crippen molar-refractivity contribution in [3.05, 3.63) is 35.1 Å². The summed E-state index contributed by atoms with van der Waals surface area (Å²) in [4.78, 5) is 37.1. The van der Waals surface area contributed by atoms with Crippen molar-refractivity contribution < 1.29 is 14.7 Å². The number of carbonyl (C=O) groups excluding carboxylic acids is 1. The molecule has 1 saturated heterocycles. The summed E-state index contributed by atoms with van der Waals surface area (Å²) >= 11 is 1.40. The van der Waals surface area contributed by atoms with Crippen LogP contribution in [0.2, 0.25) is 0 Å². The van der Waals surface area contributed by atoms with Crippen LogP contribution in [0, 0.1) is 0 Å². The summed E-state index contributed by atoms with van der Waals surface area (Å²) in [6.07, 6.45) is 5.14. The fourth-order valence-corrected chi connectivity index (χ4v) is 4.21. The third-order valence-electron chi connectivity index (χ3n) is 4.58. The molecule has 0 atom stereocenters. The van der Waals surface area contributed by atoms with Crippen molar-refractivity contribution in [1.29, 1.82) is 0 Å². The monoisotopic (exact) mass is 403 g/mol. The minimum absolute atomic E-state index is 0.0858. The van der Waals surface area contributed by atoms with Gasteiger partial charge in [-0.3, -0.25) is 14.6 Å². The molecule has 0 spiro atoms. The quantitative estimate of drug-likeness (QED) is 0.696. The number of amides is 1. The number of carboxylic acids is 1. The number of carboxylic acid groups (broad SMARTS) is 1. The highest BCUT2D eigenvalue weighted by atomic mass is 32.1. The van der Waals surface area contributed by atoms with Crippen LogP contribution < -0.4 is 15.1 Å². The highest BCUT2D eigenvalue weighted by Crippen LogP contribution is 2.29. The van der Waals surface area contributed by atoms with E-state index < -0.39 is 5.97 Å². The Kier molecular flexibility index (Phi) is 6.80. The molecule has 1 aliphatic rings. The maximum absolute atomic E-state index is 12.5. The van der Waals surface area contributed by atoms with Gasteiger partial charge in [0.25, 0.3) is 5.91 Å². The second-order valence-corrected chi connectivity index (χ2v) is 7.58. The molecule has 9 heteroatoms. The molecule has 2 aromatic rings. The molecule has 150 valence electrons. The number of nitrogens with one attached hydrogen (secondary N) is 1. The first kappa shape index (κ1) is 20.1. The van der Waals surface area contributed by atoms with Crippen molar-refractivity contribution in [2.75, 3.05) is 42.5 Å². The number of piperazine rings is 1. The number of thiazole rings is 1. The molecular weight excluding hydrogens is 378 g/mol. The predicted molar refractivity (Wildman–Crippen MR) is 109 cm³/mol. The van der Waals surface area contributed by atoms with Crippen LogP contribution in [0.15, 0.2) is 24.5 Å². The first-order valence-electron chi connectivity index (χ1n) is 9.48. The second-order valence-electron chi connectivity index (χ2n) is 6.60. The predicted octanol–water partition coefficient (Wildman–Crippen LogP) is 2.02. The summed E-state index contributed by atoms with van der Waals surface area (Å²) in [6, 6.07) is 4.02. The molecule has 0 unspecified atom stereocenters. The Labute approximate surface area is 168 Å². The maximum Gasteiger partial charge on any atom is 0.305 e. The molecule has 3 heterocycles. The Balaban J connectivity index is 1.65. The fourth-order valence-electron chi connectivity index (χ4n) is 3.13. The Morgan fingerprint density at radius 1 is 1.18 bits per heavy atom. The van der Waals surface area contributed by atoms with Crippen molar-refractivity contribution in [2.45, 2.75) is 26.2 Å². The number of carbonyl (C=O) groups is 2. The van der Waals surface area contributed by atoms with E-state index in [4.69, 9.17) is 10.1 Å². The Bertz CT molecular complexity index is 803. The number of hydrogen-bond donors (Lipinski definition) is 2. The topological polar surface area (TPSA) is 98.7 Å². The van der Waals surface area contributed by atoms with Gasteiger partial charge in [0.05, 0.1) is 12.1 Å². The molecule has 1 aliphatic heterocycles. The SMILES string of the molecule is CCCc1nc(N2CCN(c3ccncc3)CC2)sc1C(=O)NCCC(=O)O. The highest BCUT2D eigenvalue weighted by Gasteiger charge is 2.24. The summed E-state index contributed by atoms with van der Waals surface area (Å²) < 4.78 is 0. The van der Waals surface area contributed by atoms with Gasteiger partial charge in [-0.1, -0.05) is 24.7 Å². The molecule has 2 aromatic heterocycles. The molecule has 0 aliphatic carbocycles. The normalized spacial score (nSPS) is 14.2. The summed E-state index contributed by atoms with van der Waals surface area (Å²) in [5, 5.41) is 12.3. The van der Waals surface area contributed by atoms with E-state index in [0.717, 1.165) is 49.8 Å². The average molecular weight is 404 g/mol. The lowest BCUT2D eigenvalue weighted by atomic mass is 10.2. The lowest BCUT2D eigenvalue weighted by Gasteiger charge is -2.35. The molecular formula is C19H25N5O3S. The highest BCUT2D eigenvalue weighted by molar-refractivity contribution is 7.17. The van der Waals surface area contributed by atoms with Gasteiger partial charge in [0.2, 0.25) is 0 Å². The van der Waals surface area contributed by atoms with Crippen molar-refractivity contribution in [3.8, 4) is 0 Å². The Hall–Kier alpha value is -2.68. The van der Waals surface area contributed by atoms with Crippen LogP contribution in [0.25, 0.3) is 0 Å². The first-order valence-corrected chi connectivity index (χ1v) is 10.3. The van der Waals surface area contributed by atoms with Gasteiger partial charge in [-0.25, -0.2) is 4.98 Å².